The molecule has 0 aliphatic heterocycles. The quantitative estimate of drug-likeness (QED) is 0.415. The van der Waals surface area contributed by atoms with Gasteiger partial charge in [0, 0.05) is 0 Å². The van der Waals surface area contributed by atoms with E-state index in [0.29, 0.717) is 0 Å². The van der Waals surface area contributed by atoms with Gasteiger partial charge in [0.2, 0.25) is 0 Å². The fourth-order valence-corrected chi connectivity index (χ4v) is 0. The zero-order valence-corrected chi connectivity index (χ0v) is 3.98. The molecule has 0 fully saturated rings. The zero-order chi connectivity index (χ0) is 3.41. The Balaban J connectivity index is 3.11. The summed E-state index contributed by atoms with van der Waals surface area (Å²) in [5.74, 6) is 0. The van der Waals surface area contributed by atoms with Crippen LogP contribution in [0.4, 0.5) is 0 Å². The van der Waals surface area contributed by atoms with Gasteiger partial charge in [0.25, 0.3) is 0 Å². The van der Waals surface area contributed by atoms with Crippen LogP contribution >= 0.6 is 22.9 Å². The van der Waals surface area contributed by atoms with Gasteiger partial charge in [-0.3, -0.25) is 0 Å². The minimum absolute atomic E-state index is 1.68. The molecule has 0 aromatic rings. The maximum absolute atomic E-state index is 6.03. The molecule has 0 amide bonds. The minimum Gasteiger partial charge on any atom is -0.241 e. The largest absolute Gasteiger partial charge is 0.241 e. The zero-order valence-electron chi connectivity index (χ0n) is 1.83. The van der Waals surface area contributed by atoms with Crippen molar-refractivity contribution in [2.24, 2.45) is 3.21 Å². The molecule has 0 saturated carbocycles. The van der Waals surface area contributed by atoms with Gasteiger partial charge in [-0.1, -0.05) is 0 Å². The second kappa shape index (κ2) is 3.11. The average Bonchev–Trinajstić information content (AvgIpc) is 1.37. The van der Waals surface area contributed by atoms with Crippen molar-refractivity contribution in [2.45, 2.75) is 0 Å². The molecule has 0 aromatic heterocycles. The van der Waals surface area contributed by atoms with E-state index in [-0.39, 0.29) is 0 Å². The Morgan fingerprint density at radius 1 is 2.00 bits per heavy atom. The summed E-state index contributed by atoms with van der Waals surface area (Å²) in [5.41, 5.74) is 0. The molecule has 0 aliphatic carbocycles. The van der Waals surface area contributed by atoms with Crippen LogP contribution in [0.5, 0.6) is 0 Å². The number of nitrogens with zero attached hydrogens (tertiary/aromatic N) is 1. The Bertz CT molecular complexity index is 44.0. The second-order valence-corrected chi connectivity index (χ2v) is 0.679. The third-order valence-corrected chi connectivity index (χ3v) is 0.283. The summed E-state index contributed by atoms with van der Waals surface area (Å²) in [6.07, 6.45) is 0. The van der Waals surface area contributed by atoms with Crippen molar-refractivity contribution < 1.29 is 0 Å². The normalized spacial score (nSPS) is 4.25. The molecule has 0 bridgehead atoms. The summed E-state index contributed by atoms with van der Waals surface area (Å²) in [6, 6.07) is 1.79. The fourth-order valence-electron chi connectivity index (χ4n) is 0. The van der Waals surface area contributed by atoms with Gasteiger partial charge in [-0.05, 0) is 0 Å². The van der Waals surface area contributed by atoms with E-state index in [0.717, 1.165) is 0 Å². The standard InChI is InChI=1S/CHIN2/c2-4-1-3/h3H. The molecular weight excluding hydrogens is 167 g/mol. The van der Waals surface area contributed by atoms with Crippen molar-refractivity contribution in [2.75, 3.05) is 0 Å². The Morgan fingerprint density at radius 2 is 2.25 bits per heavy atom. The lowest BCUT2D eigenvalue weighted by atomic mass is 11.6. The van der Waals surface area contributed by atoms with Gasteiger partial charge >= 0.3 is 0 Å². The van der Waals surface area contributed by atoms with Crippen molar-refractivity contribution in [3.05, 3.63) is 0 Å². The molecule has 0 aromatic carbocycles. The van der Waals surface area contributed by atoms with Gasteiger partial charge in [-0.25, -0.2) is 5.41 Å². The van der Waals surface area contributed by atoms with Gasteiger partial charge in [0.15, 0.2) is 0 Å². The molecule has 1 N–H and O–H groups in total. The van der Waals surface area contributed by atoms with Crippen LogP contribution in [0.2, 0.25) is 0 Å². The number of halogens is 1. The molecule has 22 valence electrons. The maximum Gasteiger partial charge on any atom is 0.0972 e. The summed E-state index contributed by atoms with van der Waals surface area (Å²) in [4.78, 5) is 0. The van der Waals surface area contributed by atoms with Gasteiger partial charge in [0.1, 0.15) is 0 Å². The molecule has 0 spiro atoms. The van der Waals surface area contributed by atoms with Crippen LogP contribution in [-0.2, 0) is 0 Å². The van der Waals surface area contributed by atoms with Crippen LogP contribution in [0.15, 0.2) is 3.21 Å². The highest BCUT2D eigenvalue weighted by atomic mass is 127. The Labute approximate surface area is 37.9 Å². The number of nitrogens with one attached hydrogen (secondary N) is 1. The monoisotopic (exact) mass is 168 g/mol. The molecule has 0 radical (unpaired) electrons. The van der Waals surface area contributed by atoms with Gasteiger partial charge < -0.3 is 0 Å². The summed E-state index contributed by atoms with van der Waals surface area (Å²) >= 11 is 1.68. The third kappa shape index (κ3) is 2.11. The lowest BCUT2D eigenvalue weighted by molar-refractivity contribution is 1.58. The number of hydrogen-bond donors (Lipinski definition) is 1. The molecule has 4 heavy (non-hydrogen) atoms. The average molecular weight is 168 g/mol. The van der Waals surface area contributed by atoms with E-state index >= 15 is 0 Å². The molecule has 0 saturated heterocycles. The summed E-state index contributed by atoms with van der Waals surface area (Å²) in [7, 11) is 0. The van der Waals surface area contributed by atoms with Crippen LogP contribution in [0.3, 0.4) is 0 Å². The van der Waals surface area contributed by atoms with E-state index in [2.05, 4.69) is 3.21 Å². The highest BCUT2D eigenvalue weighted by Crippen LogP contribution is 1.70. The summed E-state index contributed by atoms with van der Waals surface area (Å²) < 4.78 is 3.12. The predicted molar refractivity (Wildman–Crippen MR) is 24.2 cm³/mol. The fraction of sp³-hybridized carbons (Fsp3) is 0. The van der Waals surface area contributed by atoms with Gasteiger partial charge in [0.05, 0.1) is 28.9 Å². The predicted octanol–water partition coefficient (Wildman–Crippen LogP) is 1.09. The van der Waals surface area contributed by atoms with Crippen molar-refractivity contribution in [1.29, 1.82) is 5.41 Å². The van der Waals surface area contributed by atoms with Gasteiger partial charge in [-0.15, -0.1) is 0 Å². The molecule has 0 atom stereocenters. The first-order valence-corrected chi connectivity index (χ1v) is 1.61. The second-order valence-electron chi connectivity index (χ2n) is 0.196. The van der Waals surface area contributed by atoms with E-state index in [1.807, 2.05) is 0 Å². The Kier molecular flexibility index (Phi) is 3.20. The first-order chi connectivity index (χ1) is 1.91. The Morgan fingerprint density at radius 3 is 2.25 bits per heavy atom. The molecule has 0 heterocycles. The van der Waals surface area contributed by atoms with Crippen LogP contribution in [-0.4, -0.2) is 6.01 Å². The molecule has 0 aliphatic rings. The van der Waals surface area contributed by atoms with Crippen LogP contribution in [0, 0.1) is 5.41 Å². The van der Waals surface area contributed by atoms with E-state index in [4.69, 9.17) is 5.41 Å². The first kappa shape index (κ1) is 4.11. The first-order valence-electron chi connectivity index (χ1n) is 0.643. The van der Waals surface area contributed by atoms with Crippen LogP contribution in [0.25, 0.3) is 0 Å². The Hall–Kier alpha value is 0.110. The van der Waals surface area contributed by atoms with E-state index in [1.165, 1.54) is 0 Å². The third-order valence-electron chi connectivity index (χ3n) is 0.0423. The topological polar surface area (TPSA) is 36.2 Å². The summed E-state index contributed by atoms with van der Waals surface area (Å²) in [6.45, 7) is 0. The van der Waals surface area contributed by atoms with Crippen molar-refractivity contribution in [3.8, 4) is 0 Å². The maximum atomic E-state index is 6.03. The molecule has 2 nitrogen and oxygen atoms in total. The van der Waals surface area contributed by atoms with Gasteiger partial charge in [-0.2, -0.15) is 3.21 Å². The van der Waals surface area contributed by atoms with Crippen molar-refractivity contribution in [3.63, 3.8) is 0 Å². The highest BCUT2D eigenvalue weighted by molar-refractivity contribution is 14.1. The molecule has 0 unspecified atom stereocenters. The number of rotatable bonds is 0. The highest BCUT2D eigenvalue weighted by Gasteiger charge is 1.28. The molecule has 3 heteroatoms. The summed E-state index contributed by atoms with van der Waals surface area (Å²) in [5, 5.41) is 6.03. The van der Waals surface area contributed by atoms with Crippen LogP contribution in [0.1, 0.15) is 0 Å². The van der Waals surface area contributed by atoms with Crippen LogP contribution < -0.4 is 0 Å². The lowest BCUT2D eigenvalue weighted by Gasteiger charge is -1.35. The minimum atomic E-state index is 1.68. The van der Waals surface area contributed by atoms with E-state index < -0.39 is 0 Å². The van der Waals surface area contributed by atoms with E-state index in [9.17, 15) is 0 Å². The molecular formula is CHIN2. The molecule has 0 rings (SSSR count). The lowest BCUT2D eigenvalue weighted by Crippen LogP contribution is -1.21. The SMILES string of the molecule is N=C=NI. The van der Waals surface area contributed by atoms with Crippen molar-refractivity contribution in [1.82, 2.24) is 0 Å². The van der Waals surface area contributed by atoms with E-state index in [1.54, 1.807) is 28.9 Å². The van der Waals surface area contributed by atoms with Crippen molar-refractivity contribution >= 4 is 28.9 Å². The number of hydrogen-bond acceptors (Lipinski definition) is 2. The smallest absolute Gasteiger partial charge is 0.0972 e.